The zero-order valence-corrected chi connectivity index (χ0v) is 15.7. The number of carbonyl (C=O) groups excluding carboxylic acids is 1. The molecule has 0 bridgehead atoms. The van der Waals surface area contributed by atoms with E-state index in [9.17, 15) is 14.9 Å². The van der Waals surface area contributed by atoms with Crippen LogP contribution < -0.4 is 4.90 Å². The van der Waals surface area contributed by atoms with Crippen LogP contribution >= 0.6 is 11.6 Å². The van der Waals surface area contributed by atoms with E-state index in [2.05, 4.69) is 4.36 Å². The molecular formula is C18H15ClN4O3S. The lowest BCUT2D eigenvalue weighted by Gasteiger charge is -2.29. The number of hydrogen-bond acceptors (Lipinski definition) is 5. The molecule has 1 amide bonds. The van der Waals surface area contributed by atoms with Gasteiger partial charge in [0.05, 0.1) is 16.6 Å². The average molecular weight is 403 g/mol. The van der Waals surface area contributed by atoms with Gasteiger partial charge in [0, 0.05) is 41.2 Å². The van der Waals surface area contributed by atoms with E-state index in [-0.39, 0.29) is 17.2 Å². The molecule has 0 spiro atoms. The Kier molecular flexibility index (Phi) is 5.84. The molecule has 7 nitrogen and oxygen atoms in total. The molecular weight excluding hydrogens is 388 g/mol. The fraction of sp³-hybridized carbons (Fsp3) is 0.222. The molecule has 27 heavy (non-hydrogen) atoms. The van der Waals surface area contributed by atoms with Gasteiger partial charge in [-0.25, -0.2) is 0 Å². The minimum Gasteiger partial charge on any atom is -0.364 e. The second-order valence-corrected chi connectivity index (χ2v) is 8.19. The van der Waals surface area contributed by atoms with Gasteiger partial charge in [-0.2, -0.15) is 9.62 Å². The summed E-state index contributed by atoms with van der Waals surface area (Å²) in [6, 6.07) is 13.0. The van der Waals surface area contributed by atoms with Crippen LogP contribution in [-0.2, 0) is 10.7 Å². The van der Waals surface area contributed by atoms with E-state index in [1.165, 1.54) is 6.07 Å². The van der Waals surface area contributed by atoms with E-state index in [1.54, 1.807) is 36.4 Å². The van der Waals surface area contributed by atoms with E-state index >= 15 is 0 Å². The summed E-state index contributed by atoms with van der Waals surface area (Å²) in [5, 5.41) is 20.8. The third-order valence-electron chi connectivity index (χ3n) is 4.14. The van der Waals surface area contributed by atoms with Crippen LogP contribution in [0.1, 0.15) is 15.9 Å². The lowest BCUT2D eigenvalue weighted by molar-refractivity contribution is -0.384. The molecule has 2 aromatic carbocycles. The number of rotatable bonds is 3. The Morgan fingerprint density at radius 1 is 1.22 bits per heavy atom. The summed E-state index contributed by atoms with van der Waals surface area (Å²) in [4.78, 5) is 25.0. The standard InChI is InChI=1S/C18H15ClN4O3S/c19-15-4-2-14(3-5-15)18(24)21-27-9-7-22(8-10-27)16-6-1-13(12-20)11-17(16)23(25)26/h1-6,11H,7-10H2. The third-order valence-corrected chi connectivity index (χ3v) is 6.12. The SMILES string of the molecule is N#Cc1ccc(N2CCS(=NC(=O)c3ccc(Cl)cc3)CC2)c([N+](=O)[O-])c1. The van der Waals surface area contributed by atoms with Crippen molar-refractivity contribution in [1.82, 2.24) is 0 Å². The maximum Gasteiger partial charge on any atom is 0.293 e. The lowest BCUT2D eigenvalue weighted by Crippen LogP contribution is -2.38. The van der Waals surface area contributed by atoms with Crippen LogP contribution in [0.2, 0.25) is 5.02 Å². The van der Waals surface area contributed by atoms with Crippen molar-refractivity contribution in [2.45, 2.75) is 0 Å². The van der Waals surface area contributed by atoms with E-state index in [0.29, 0.717) is 40.9 Å². The molecule has 1 fully saturated rings. The highest BCUT2D eigenvalue weighted by molar-refractivity contribution is 7.87. The quantitative estimate of drug-likeness (QED) is 0.577. The van der Waals surface area contributed by atoms with Gasteiger partial charge in [-0.15, -0.1) is 0 Å². The predicted molar refractivity (Wildman–Crippen MR) is 105 cm³/mol. The summed E-state index contributed by atoms with van der Waals surface area (Å²) in [5.41, 5.74) is 1.17. The van der Waals surface area contributed by atoms with Gasteiger partial charge in [-0.1, -0.05) is 22.3 Å². The Morgan fingerprint density at radius 3 is 2.48 bits per heavy atom. The molecule has 1 saturated heterocycles. The number of benzene rings is 2. The number of nitrogens with zero attached hydrogens (tertiary/aromatic N) is 4. The van der Waals surface area contributed by atoms with Gasteiger partial charge in [0.2, 0.25) is 0 Å². The molecule has 9 heteroatoms. The van der Waals surface area contributed by atoms with Crippen molar-refractivity contribution in [2.75, 3.05) is 29.5 Å². The van der Waals surface area contributed by atoms with Gasteiger partial charge in [-0.3, -0.25) is 14.9 Å². The fourth-order valence-electron chi connectivity index (χ4n) is 2.75. The lowest BCUT2D eigenvalue weighted by atomic mass is 10.1. The molecule has 1 aliphatic heterocycles. The first-order chi connectivity index (χ1) is 13.0. The zero-order valence-electron chi connectivity index (χ0n) is 14.2. The summed E-state index contributed by atoms with van der Waals surface area (Å²) < 4.78 is 4.29. The molecule has 2 aromatic rings. The molecule has 0 saturated carbocycles. The van der Waals surface area contributed by atoms with Crippen molar-refractivity contribution in [3.05, 3.63) is 68.7 Å². The molecule has 0 unspecified atom stereocenters. The van der Waals surface area contributed by atoms with Gasteiger partial charge in [0.1, 0.15) is 5.69 Å². The first-order valence-corrected chi connectivity index (χ1v) is 10.0. The van der Waals surface area contributed by atoms with Crippen LogP contribution in [0.4, 0.5) is 11.4 Å². The second kappa shape index (κ2) is 8.29. The number of hydrogen-bond donors (Lipinski definition) is 0. The number of nitro groups is 1. The van der Waals surface area contributed by atoms with Gasteiger partial charge in [-0.05, 0) is 36.4 Å². The normalized spacial score (nSPS) is 14.4. The van der Waals surface area contributed by atoms with Gasteiger partial charge in [0.25, 0.3) is 11.6 Å². The van der Waals surface area contributed by atoms with E-state index in [4.69, 9.17) is 16.9 Å². The summed E-state index contributed by atoms with van der Waals surface area (Å²) >= 11 is 5.83. The molecule has 1 aliphatic rings. The van der Waals surface area contributed by atoms with Crippen LogP contribution in [0.3, 0.4) is 0 Å². The number of carbonyl (C=O) groups is 1. The Labute approximate surface area is 163 Å². The molecule has 3 rings (SSSR count). The maximum absolute atomic E-state index is 12.3. The van der Waals surface area contributed by atoms with Crippen LogP contribution in [0.5, 0.6) is 0 Å². The Hall–Kier alpha value is -2.76. The van der Waals surface area contributed by atoms with Crippen LogP contribution in [0.15, 0.2) is 46.8 Å². The van der Waals surface area contributed by atoms with Gasteiger partial charge >= 0.3 is 0 Å². The second-order valence-electron chi connectivity index (χ2n) is 5.83. The van der Waals surface area contributed by atoms with E-state index in [0.717, 1.165) is 0 Å². The highest BCUT2D eigenvalue weighted by Gasteiger charge is 2.23. The fourth-order valence-corrected chi connectivity index (χ4v) is 4.46. The summed E-state index contributed by atoms with van der Waals surface area (Å²) in [6.07, 6.45) is 0. The topological polar surface area (TPSA) is 99.6 Å². The van der Waals surface area contributed by atoms with Crippen LogP contribution in [-0.4, -0.2) is 35.4 Å². The molecule has 0 aliphatic carbocycles. The Bertz CT molecular complexity index is 960. The molecule has 0 aromatic heterocycles. The maximum atomic E-state index is 12.3. The van der Waals surface area contributed by atoms with Crippen LogP contribution in [0.25, 0.3) is 0 Å². The van der Waals surface area contributed by atoms with Gasteiger partial charge < -0.3 is 4.90 Å². The Balaban J connectivity index is 1.72. The first-order valence-electron chi connectivity index (χ1n) is 8.10. The summed E-state index contributed by atoms with van der Waals surface area (Å²) in [6.45, 7) is 1.13. The zero-order chi connectivity index (χ0) is 19.4. The van der Waals surface area contributed by atoms with Gasteiger partial charge in [0.15, 0.2) is 0 Å². The van der Waals surface area contributed by atoms with Crippen molar-refractivity contribution in [1.29, 1.82) is 5.26 Å². The molecule has 0 radical (unpaired) electrons. The average Bonchev–Trinajstić information content (AvgIpc) is 2.68. The van der Waals surface area contributed by atoms with E-state index in [1.807, 2.05) is 11.0 Å². The van der Waals surface area contributed by atoms with Crippen molar-refractivity contribution >= 4 is 39.6 Å². The number of amides is 1. The third kappa shape index (κ3) is 4.51. The smallest absolute Gasteiger partial charge is 0.293 e. The predicted octanol–water partition coefficient (Wildman–Crippen LogP) is 3.58. The molecule has 0 N–H and O–H groups in total. The van der Waals surface area contributed by atoms with Crippen molar-refractivity contribution in [3.8, 4) is 6.07 Å². The molecule has 138 valence electrons. The molecule has 1 heterocycles. The highest BCUT2D eigenvalue weighted by atomic mass is 35.5. The highest BCUT2D eigenvalue weighted by Crippen LogP contribution is 2.30. The molecule has 0 atom stereocenters. The number of halogens is 1. The summed E-state index contributed by atoms with van der Waals surface area (Å²) in [5.74, 6) is 1.03. The van der Waals surface area contributed by atoms with Crippen molar-refractivity contribution < 1.29 is 9.72 Å². The Morgan fingerprint density at radius 2 is 1.89 bits per heavy atom. The summed E-state index contributed by atoms with van der Waals surface area (Å²) in [7, 11) is -0.420. The monoisotopic (exact) mass is 402 g/mol. The van der Waals surface area contributed by atoms with E-state index < -0.39 is 15.6 Å². The van der Waals surface area contributed by atoms with Crippen LogP contribution in [0, 0.1) is 21.4 Å². The first kappa shape index (κ1) is 19.0. The number of nitriles is 1. The minimum absolute atomic E-state index is 0.0787. The van der Waals surface area contributed by atoms with Crippen molar-refractivity contribution in [3.63, 3.8) is 0 Å². The largest absolute Gasteiger partial charge is 0.364 e. The number of anilines is 1. The minimum atomic E-state index is -0.473. The number of nitro benzene ring substituents is 1. The van der Waals surface area contributed by atoms with Crippen molar-refractivity contribution in [2.24, 2.45) is 4.36 Å².